The zero-order chi connectivity index (χ0) is 15.4. The zero-order valence-electron chi connectivity index (χ0n) is 13.9. The minimum Gasteiger partial charge on any atom is -0.504 e. The number of benzene rings is 1. The van der Waals surface area contributed by atoms with E-state index in [0.717, 1.165) is 18.9 Å². The van der Waals surface area contributed by atoms with Gasteiger partial charge in [0.2, 0.25) is 0 Å². The van der Waals surface area contributed by atoms with Crippen molar-refractivity contribution in [1.29, 1.82) is 0 Å². The molecule has 1 aromatic rings. The summed E-state index contributed by atoms with van der Waals surface area (Å²) in [7, 11) is 1.61. The number of aromatic hydroxyl groups is 1. The lowest BCUT2D eigenvalue weighted by Crippen LogP contribution is -2.38. The second-order valence-corrected chi connectivity index (χ2v) is 6.75. The van der Waals surface area contributed by atoms with Crippen LogP contribution in [0.25, 0.3) is 0 Å². The molecule has 0 amide bonds. The number of rotatable bonds is 1. The van der Waals surface area contributed by atoms with Crippen molar-refractivity contribution in [3.8, 4) is 11.5 Å². The molecule has 3 rings (SSSR count). The van der Waals surface area contributed by atoms with E-state index in [0.29, 0.717) is 11.8 Å². The number of fused-ring (bicyclic) bond motifs is 3. The highest BCUT2D eigenvalue weighted by molar-refractivity contribution is 5.48. The van der Waals surface area contributed by atoms with Gasteiger partial charge in [-0.2, -0.15) is 0 Å². The van der Waals surface area contributed by atoms with Gasteiger partial charge in [0.05, 0.1) is 7.11 Å². The molecule has 0 bridgehead atoms. The Balaban J connectivity index is 0.000000361. The van der Waals surface area contributed by atoms with Gasteiger partial charge in [0.25, 0.3) is 0 Å². The Morgan fingerprint density at radius 2 is 1.90 bits per heavy atom. The Morgan fingerprint density at radius 1 is 1.19 bits per heavy atom. The molecule has 1 unspecified atom stereocenters. The van der Waals surface area contributed by atoms with Crippen molar-refractivity contribution in [1.82, 2.24) is 4.90 Å². The summed E-state index contributed by atoms with van der Waals surface area (Å²) in [6, 6.07) is 4.44. The number of piperidine rings is 1. The Labute approximate surface area is 128 Å². The third kappa shape index (κ3) is 3.91. The molecule has 0 saturated carbocycles. The molecule has 0 aromatic heterocycles. The molecule has 21 heavy (non-hydrogen) atoms. The summed E-state index contributed by atoms with van der Waals surface area (Å²) in [5, 5.41) is 9.91. The van der Waals surface area contributed by atoms with Gasteiger partial charge in [-0.3, -0.25) is 4.90 Å². The molecule has 1 N–H and O–H groups in total. The molecule has 0 radical (unpaired) electrons. The molecule has 0 aliphatic carbocycles. The average molecular weight is 291 g/mol. The molecule has 2 aliphatic rings. The lowest BCUT2D eigenvalue weighted by Gasteiger charge is -2.40. The van der Waals surface area contributed by atoms with Crippen molar-refractivity contribution in [3.63, 3.8) is 0 Å². The predicted octanol–water partition coefficient (Wildman–Crippen LogP) is 4.15. The number of ether oxygens (including phenoxy) is 1. The molecule has 1 fully saturated rings. The van der Waals surface area contributed by atoms with Crippen LogP contribution in [-0.2, 0) is 6.42 Å². The van der Waals surface area contributed by atoms with Crippen LogP contribution < -0.4 is 4.74 Å². The number of hydrogen-bond acceptors (Lipinski definition) is 3. The SMILES string of the molecule is CC(C)C.COc1cc2c(cc1O)C1CCCCN1CC2. The van der Waals surface area contributed by atoms with Crippen LogP contribution in [0.5, 0.6) is 11.5 Å². The van der Waals surface area contributed by atoms with Gasteiger partial charge >= 0.3 is 0 Å². The maximum atomic E-state index is 9.91. The number of methoxy groups -OCH3 is 1. The molecule has 0 spiro atoms. The van der Waals surface area contributed by atoms with E-state index in [-0.39, 0.29) is 5.75 Å². The molecular weight excluding hydrogens is 262 g/mol. The van der Waals surface area contributed by atoms with Crippen molar-refractivity contribution >= 4 is 0 Å². The minimum atomic E-state index is 0.277. The molecule has 3 heteroatoms. The summed E-state index contributed by atoms with van der Waals surface area (Å²) in [6.07, 6.45) is 4.91. The van der Waals surface area contributed by atoms with Gasteiger partial charge in [0, 0.05) is 12.6 Å². The fraction of sp³-hybridized carbons (Fsp3) is 0.667. The van der Waals surface area contributed by atoms with Gasteiger partial charge in [0.15, 0.2) is 11.5 Å². The quantitative estimate of drug-likeness (QED) is 0.844. The standard InChI is InChI=1S/C14H19NO2.C4H10/c1-17-14-8-10-5-7-15-6-3-2-4-12(15)11(10)9-13(14)16;1-4(2)3/h8-9,12,16H,2-7H2,1H3;4H,1-3H3. The van der Waals surface area contributed by atoms with Crippen LogP contribution in [0.15, 0.2) is 12.1 Å². The summed E-state index contributed by atoms with van der Waals surface area (Å²) in [6.45, 7) is 8.85. The first-order chi connectivity index (χ1) is 10.0. The van der Waals surface area contributed by atoms with E-state index in [1.807, 2.05) is 12.1 Å². The molecule has 1 aromatic carbocycles. The second-order valence-electron chi connectivity index (χ2n) is 6.75. The molecular formula is C18H29NO2. The van der Waals surface area contributed by atoms with Crippen LogP contribution in [0.3, 0.4) is 0 Å². The van der Waals surface area contributed by atoms with Crippen LogP contribution >= 0.6 is 0 Å². The zero-order valence-corrected chi connectivity index (χ0v) is 13.9. The van der Waals surface area contributed by atoms with E-state index in [2.05, 4.69) is 25.7 Å². The number of nitrogens with zero attached hydrogens (tertiary/aromatic N) is 1. The highest BCUT2D eigenvalue weighted by atomic mass is 16.5. The Hall–Kier alpha value is -1.22. The largest absolute Gasteiger partial charge is 0.504 e. The lowest BCUT2D eigenvalue weighted by atomic mass is 9.86. The van der Waals surface area contributed by atoms with Gasteiger partial charge in [-0.05, 0) is 55.0 Å². The molecule has 3 nitrogen and oxygen atoms in total. The average Bonchev–Trinajstić information content (AvgIpc) is 2.46. The van der Waals surface area contributed by atoms with Gasteiger partial charge in [-0.25, -0.2) is 0 Å². The number of phenols is 1. The van der Waals surface area contributed by atoms with E-state index >= 15 is 0 Å². The first-order valence-electron chi connectivity index (χ1n) is 8.16. The summed E-state index contributed by atoms with van der Waals surface area (Å²) in [5.41, 5.74) is 2.66. The van der Waals surface area contributed by atoms with Gasteiger partial charge in [-0.1, -0.05) is 27.2 Å². The normalized spacial score (nSPS) is 21.1. The minimum absolute atomic E-state index is 0.277. The van der Waals surface area contributed by atoms with Gasteiger partial charge < -0.3 is 9.84 Å². The second kappa shape index (κ2) is 7.17. The van der Waals surface area contributed by atoms with Crippen LogP contribution in [0.4, 0.5) is 0 Å². The molecule has 2 heterocycles. The topological polar surface area (TPSA) is 32.7 Å². The third-order valence-corrected chi connectivity index (χ3v) is 4.08. The molecule has 2 aliphatic heterocycles. The van der Waals surface area contributed by atoms with Gasteiger partial charge in [-0.15, -0.1) is 0 Å². The molecule has 118 valence electrons. The summed E-state index contributed by atoms with van der Waals surface area (Å²) in [4.78, 5) is 2.55. The van der Waals surface area contributed by atoms with Gasteiger partial charge in [0.1, 0.15) is 0 Å². The first-order valence-corrected chi connectivity index (χ1v) is 8.16. The fourth-order valence-electron chi connectivity index (χ4n) is 3.19. The fourth-order valence-corrected chi connectivity index (χ4v) is 3.19. The maximum Gasteiger partial charge on any atom is 0.160 e. The van der Waals surface area contributed by atoms with E-state index in [1.54, 1.807) is 7.11 Å². The van der Waals surface area contributed by atoms with E-state index in [4.69, 9.17) is 4.74 Å². The van der Waals surface area contributed by atoms with Crippen molar-refractivity contribution in [2.45, 2.75) is 52.5 Å². The highest BCUT2D eigenvalue weighted by Crippen LogP contribution is 2.41. The highest BCUT2D eigenvalue weighted by Gasteiger charge is 2.30. The Morgan fingerprint density at radius 3 is 2.57 bits per heavy atom. The number of hydrogen-bond donors (Lipinski definition) is 1. The maximum absolute atomic E-state index is 9.91. The first kappa shape index (κ1) is 16.2. The van der Waals surface area contributed by atoms with Crippen LogP contribution in [0.1, 0.15) is 57.2 Å². The predicted molar refractivity (Wildman–Crippen MR) is 87.0 cm³/mol. The van der Waals surface area contributed by atoms with E-state index < -0.39 is 0 Å². The van der Waals surface area contributed by atoms with Crippen molar-refractivity contribution < 1.29 is 9.84 Å². The molecule has 1 saturated heterocycles. The van der Waals surface area contributed by atoms with Crippen molar-refractivity contribution in [2.75, 3.05) is 20.2 Å². The van der Waals surface area contributed by atoms with E-state index in [1.165, 1.54) is 36.9 Å². The Bertz CT molecular complexity index is 468. The van der Waals surface area contributed by atoms with Crippen molar-refractivity contribution in [2.24, 2.45) is 5.92 Å². The monoisotopic (exact) mass is 291 g/mol. The Kier molecular flexibility index (Phi) is 5.51. The molecule has 1 atom stereocenters. The van der Waals surface area contributed by atoms with Crippen LogP contribution in [-0.4, -0.2) is 30.2 Å². The third-order valence-electron chi connectivity index (χ3n) is 4.08. The van der Waals surface area contributed by atoms with Crippen molar-refractivity contribution in [3.05, 3.63) is 23.3 Å². The number of phenolic OH excluding ortho intramolecular Hbond substituents is 1. The van der Waals surface area contributed by atoms with Crippen LogP contribution in [0.2, 0.25) is 0 Å². The van der Waals surface area contributed by atoms with Crippen LogP contribution in [0, 0.1) is 5.92 Å². The van der Waals surface area contributed by atoms with E-state index in [9.17, 15) is 5.11 Å². The lowest BCUT2D eigenvalue weighted by molar-refractivity contribution is 0.138. The summed E-state index contributed by atoms with van der Waals surface area (Å²) >= 11 is 0. The smallest absolute Gasteiger partial charge is 0.160 e. The summed E-state index contributed by atoms with van der Waals surface area (Å²) in [5.74, 6) is 1.71. The summed E-state index contributed by atoms with van der Waals surface area (Å²) < 4.78 is 5.18.